The van der Waals surface area contributed by atoms with E-state index in [1.165, 1.54) is 18.2 Å². The SMILES string of the molecule is O=S1(=O)c2c(Cl)cc(Cl)cc2NCN1Cc1ccccc1F. The summed E-state index contributed by atoms with van der Waals surface area (Å²) in [5, 5.41) is 3.32. The van der Waals surface area contributed by atoms with E-state index in [-0.39, 0.29) is 23.1 Å². The van der Waals surface area contributed by atoms with Crippen molar-refractivity contribution in [2.75, 3.05) is 12.0 Å². The van der Waals surface area contributed by atoms with Gasteiger partial charge in [0.25, 0.3) is 0 Å². The molecule has 116 valence electrons. The molecule has 1 aliphatic heterocycles. The fourth-order valence-electron chi connectivity index (χ4n) is 2.30. The lowest BCUT2D eigenvalue weighted by Crippen LogP contribution is -2.39. The highest BCUT2D eigenvalue weighted by Gasteiger charge is 2.34. The first kappa shape index (κ1) is 15.6. The van der Waals surface area contributed by atoms with Crippen LogP contribution >= 0.6 is 23.2 Å². The van der Waals surface area contributed by atoms with Crippen LogP contribution in [-0.4, -0.2) is 19.4 Å². The summed E-state index contributed by atoms with van der Waals surface area (Å²) >= 11 is 11.9. The first-order valence-electron chi connectivity index (χ1n) is 6.36. The summed E-state index contributed by atoms with van der Waals surface area (Å²) in [4.78, 5) is -0.0406. The second-order valence-electron chi connectivity index (χ2n) is 4.81. The molecule has 0 saturated carbocycles. The molecular formula is C14H11Cl2FN2O2S. The van der Waals surface area contributed by atoms with E-state index in [1.54, 1.807) is 18.2 Å². The van der Waals surface area contributed by atoms with Crippen LogP contribution in [0, 0.1) is 5.82 Å². The Morgan fingerprint density at radius 3 is 2.68 bits per heavy atom. The molecule has 0 atom stereocenters. The maximum Gasteiger partial charge on any atom is 0.248 e. The van der Waals surface area contributed by atoms with E-state index in [9.17, 15) is 12.8 Å². The van der Waals surface area contributed by atoms with Crippen molar-refractivity contribution in [1.82, 2.24) is 4.31 Å². The van der Waals surface area contributed by atoms with Crippen molar-refractivity contribution in [3.8, 4) is 0 Å². The first-order chi connectivity index (χ1) is 10.4. The van der Waals surface area contributed by atoms with Crippen LogP contribution in [-0.2, 0) is 16.6 Å². The zero-order chi connectivity index (χ0) is 15.9. The Kier molecular flexibility index (Phi) is 4.03. The highest BCUT2D eigenvalue weighted by molar-refractivity contribution is 7.89. The number of hydrogen-bond donors (Lipinski definition) is 1. The predicted molar refractivity (Wildman–Crippen MR) is 84.1 cm³/mol. The fourth-order valence-corrected chi connectivity index (χ4v) is 4.60. The van der Waals surface area contributed by atoms with Crippen molar-refractivity contribution >= 4 is 38.9 Å². The maximum absolute atomic E-state index is 13.7. The summed E-state index contributed by atoms with van der Waals surface area (Å²) in [6, 6.07) is 8.91. The molecule has 0 aromatic heterocycles. The van der Waals surface area contributed by atoms with Crippen LogP contribution in [0.1, 0.15) is 5.56 Å². The maximum atomic E-state index is 13.7. The normalized spacial score (nSPS) is 16.9. The summed E-state index contributed by atoms with van der Waals surface area (Å²) in [7, 11) is -3.83. The molecule has 0 unspecified atom stereocenters. The van der Waals surface area contributed by atoms with Gasteiger partial charge in [-0.3, -0.25) is 0 Å². The van der Waals surface area contributed by atoms with Crippen LogP contribution in [0.4, 0.5) is 10.1 Å². The number of halogens is 3. The van der Waals surface area contributed by atoms with Crippen molar-refractivity contribution in [2.24, 2.45) is 0 Å². The van der Waals surface area contributed by atoms with Gasteiger partial charge in [0.1, 0.15) is 10.7 Å². The number of benzene rings is 2. The van der Waals surface area contributed by atoms with Gasteiger partial charge < -0.3 is 5.32 Å². The van der Waals surface area contributed by atoms with Gasteiger partial charge in [-0.2, -0.15) is 4.31 Å². The largest absolute Gasteiger partial charge is 0.370 e. The van der Waals surface area contributed by atoms with E-state index in [4.69, 9.17) is 23.2 Å². The Hall–Kier alpha value is -1.34. The van der Waals surface area contributed by atoms with E-state index < -0.39 is 15.8 Å². The second-order valence-corrected chi connectivity index (χ2v) is 7.52. The van der Waals surface area contributed by atoms with E-state index in [2.05, 4.69) is 5.32 Å². The van der Waals surface area contributed by atoms with Gasteiger partial charge >= 0.3 is 0 Å². The van der Waals surface area contributed by atoms with Crippen molar-refractivity contribution in [1.29, 1.82) is 0 Å². The number of fused-ring (bicyclic) bond motifs is 1. The van der Waals surface area contributed by atoms with Crippen LogP contribution in [0.3, 0.4) is 0 Å². The van der Waals surface area contributed by atoms with Gasteiger partial charge in [0, 0.05) is 17.1 Å². The van der Waals surface area contributed by atoms with Crippen molar-refractivity contribution in [3.63, 3.8) is 0 Å². The second kappa shape index (κ2) is 5.70. The summed E-state index contributed by atoms with van der Waals surface area (Å²) in [5.41, 5.74) is 0.642. The Bertz CT molecular complexity index is 843. The van der Waals surface area contributed by atoms with E-state index in [0.29, 0.717) is 16.3 Å². The van der Waals surface area contributed by atoms with Crippen LogP contribution in [0.2, 0.25) is 10.0 Å². The third-order valence-electron chi connectivity index (χ3n) is 3.36. The van der Waals surface area contributed by atoms with Gasteiger partial charge in [0.15, 0.2) is 0 Å². The topological polar surface area (TPSA) is 49.4 Å². The molecule has 0 spiro atoms. The molecule has 8 heteroatoms. The van der Waals surface area contributed by atoms with Crippen molar-refractivity contribution < 1.29 is 12.8 Å². The first-order valence-corrected chi connectivity index (χ1v) is 8.55. The summed E-state index contributed by atoms with van der Waals surface area (Å²) in [6.07, 6.45) is 0. The van der Waals surface area contributed by atoms with Gasteiger partial charge in [-0.1, -0.05) is 41.4 Å². The average Bonchev–Trinajstić information content (AvgIpc) is 2.43. The van der Waals surface area contributed by atoms with Gasteiger partial charge in [0.05, 0.1) is 17.4 Å². The minimum absolute atomic E-state index is 0.0142. The number of rotatable bonds is 2. The Morgan fingerprint density at radius 2 is 1.95 bits per heavy atom. The zero-order valence-corrected chi connectivity index (χ0v) is 13.5. The highest BCUT2D eigenvalue weighted by atomic mass is 35.5. The molecular weight excluding hydrogens is 350 g/mol. The summed E-state index contributed by atoms with van der Waals surface area (Å²) in [5.74, 6) is -0.453. The Morgan fingerprint density at radius 1 is 1.23 bits per heavy atom. The standard InChI is InChI=1S/C14H11Cl2FN2O2S/c15-10-5-11(16)14-13(6-10)18-8-19(22(14,20)21)7-9-3-1-2-4-12(9)17/h1-6,18H,7-8H2. The molecule has 0 fully saturated rings. The molecule has 0 amide bonds. The van der Waals surface area contributed by atoms with Gasteiger partial charge in [-0.05, 0) is 18.2 Å². The molecule has 2 aromatic carbocycles. The molecule has 4 nitrogen and oxygen atoms in total. The molecule has 0 bridgehead atoms. The minimum Gasteiger partial charge on any atom is -0.370 e. The molecule has 1 N–H and O–H groups in total. The van der Waals surface area contributed by atoms with E-state index in [0.717, 1.165) is 4.31 Å². The number of nitrogens with zero attached hydrogens (tertiary/aromatic N) is 1. The number of nitrogens with one attached hydrogen (secondary N) is 1. The fraction of sp³-hybridized carbons (Fsp3) is 0.143. The van der Waals surface area contributed by atoms with Gasteiger partial charge in [-0.25, -0.2) is 12.8 Å². The number of hydrogen-bond acceptors (Lipinski definition) is 3. The minimum atomic E-state index is -3.83. The average molecular weight is 361 g/mol. The monoisotopic (exact) mass is 360 g/mol. The van der Waals surface area contributed by atoms with E-state index >= 15 is 0 Å². The Labute approximate surface area is 137 Å². The molecule has 22 heavy (non-hydrogen) atoms. The smallest absolute Gasteiger partial charge is 0.248 e. The Balaban J connectivity index is 2.02. The predicted octanol–water partition coefficient (Wildman–Crippen LogP) is 3.71. The van der Waals surface area contributed by atoms with Crippen molar-refractivity contribution in [2.45, 2.75) is 11.4 Å². The third kappa shape index (κ3) is 2.67. The number of sulfonamides is 1. The summed E-state index contributed by atoms with van der Waals surface area (Å²) in [6.45, 7) is -0.0687. The molecule has 3 rings (SSSR count). The zero-order valence-electron chi connectivity index (χ0n) is 11.2. The van der Waals surface area contributed by atoms with Crippen molar-refractivity contribution in [3.05, 3.63) is 57.8 Å². The van der Waals surface area contributed by atoms with Crippen LogP contribution < -0.4 is 5.32 Å². The molecule has 0 saturated heterocycles. The van der Waals surface area contributed by atoms with Crippen LogP contribution in [0.25, 0.3) is 0 Å². The molecule has 0 radical (unpaired) electrons. The van der Waals surface area contributed by atoms with Gasteiger partial charge in [-0.15, -0.1) is 0 Å². The quantitative estimate of drug-likeness (QED) is 0.887. The molecule has 1 aliphatic rings. The third-order valence-corrected chi connectivity index (χ3v) is 5.88. The lowest BCUT2D eigenvalue weighted by molar-refractivity contribution is 0.413. The summed E-state index contributed by atoms with van der Waals surface area (Å²) < 4.78 is 40.2. The molecule has 1 heterocycles. The van der Waals surface area contributed by atoms with E-state index in [1.807, 2.05) is 0 Å². The molecule has 0 aliphatic carbocycles. The van der Waals surface area contributed by atoms with Crippen LogP contribution in [0.5, 0.6) is 0 Å². The molecule has 2 aromatic rings. The van der Waals surface area contributed by atoms with Gasteiger partial charge in [0.2, 0.25) is 10.0 Å². The highest BCUT2D eigenvalue weighted by Crippen LogP contribution is 2.38. The van der Waals surface area contributed by atoms with Crippen LogP contribution in [0.15, 0.2) is 41.3 Å². The number of anilines is 1. The lowest BCUT2D eigenvalue weighted by Gasteiger charge is -2.30. The lowest BCUT2D eigenvalue weighted by atomic mass is 10.2.